The normalized spacial score (nSPS) is 10.8. The average molecular weight is 214 g/mol. The van der Waals surface area contributed by atoms with Gasteiger partial charge in [-0.1, -0.05) is 0 Å². The summed E-state index contributed by atoms with van der Waals surface area (Å²) < 4.78 is 0. The summed E-state index contributed by atoms with van der Waals surface area (Å²) in [5.41, 5.74) is 0.715. The molecule has 0 aliphatic carbocycles. The van der Waals surface area contributed by atoms with Crippen LogP contribution in [0, 0.1) is 0 Å². The Labute approximate surface area is 92.2 Å². The van der Waals surface area contributed by atoms with E-state index in [1.165, 1.54) is 6.20 Å². The van der Waals surface area contributed by atoms with Crippen molar-refractivity contribution in [2.24, 2.45) is 0 Å². The van der Waals surface area contributed by atoms with Crippen molar-refractivity contribution in [2.45, 2.75) is 0 Å². The Morgan fingerprint density at radius 2 is 2.12 bits per heavy atom. The number of hydrogen-bond acceptors (Lipinski definition) is 3. The van der Waals surface area contributed by atoms with Crippen LogP contribution >= 0.6 is 0 Å². The lowest BCUT2D eigenvalue weighted by molar-refractivity contribution is -0.108. The molecule has 1 aromatic heterocycles. The highest BCUT2D eigenvalue weighted by Gasteiger charge is 1.96. The molecular weight excluding hydrogens is 204 g/mol. The van der Waals surface area contributed by atoms with Crippen molar-refractivity contribution in [1.29, 1.82) is 0 Å². The second kappa shape index (κ2) is 4.44. The second-order valence-corrected chi connectivity index (χ2v) is 3.26. The minimum absolute atomic E-state index is 0.222. The largest absolute Gasteiger partial charge is 0.508 e. The van der Waals surface area contributed by atoms with Gasteiger partial charge in [0.2, 0.25) is 6.41 Å². The molecule has 2 N–H and O–H groups in total. The number of carbonyl (C=O) groups excluding carboxylic acids is 1. The van der Waals surface area contributed by atoms with E-state index in [1.807, 2.05) is 6.07 Å². The van der Waals surface area contributed by atoms with Gasteiger partial charge in [0.05, 0.1) is 5.69 Å². The van der Waals surface area contributed by atoms with Crippen molar-refractivity contribution in [3.8, 4) is 5.75 Å². The summed E-state index contributed by atoms with van der Waals surface area (Å²) >= 11 is 0. The molecule has 0 spiro atoms. The smallest absolute Gasteiger partial charge is 0.211 e. The van der Waals surface area contributed by atoms with Crippen LogP contribution in [-0.4, -0.2) is 16.5 Å². The number of aromatic nitrogens is 1. The van der Waals surface area contributed by atoms with E-state index in [2.05, 4.69) is 10.3 Å². The molecule has 4 heteroatoms. The van der Waals surface area contributed by atoms with Gasteiger partial charge in [0.25, 0.3) is 0 Å². The third kappa shape index (κ3) is 2.17. The first-order valence-corrected chi connectivity index (χ1v) is 4.74. The molecule has 2 aromatic rings. The van der Waals surface area contributed by atoms with Gasteiger partial charge < -0.3 is 10.4 Å². The quantitative estimate of drug-likeness (QED) is 0.764. The maximum Gasteiger partial charge on any atom is 0.211 e. The summed E-state index contributed by atoms with van der Waals surface area (Å²) in [6, 6.07) is 6.92. The van der Waals surface area contributed by atoms with Gasteiger partial charge >= 0.3 is 0 Å². The third-order valence-electron chi connectivity index (χ3n) is 2.14. The molecule has 80 valence electrons. The van der Waals surface area contributed by atoms with E-state index in [9.17, 15) is 9.90 Å². The summed E-state index contributed by atoms with van der Waals surface area (Å²) in [6.07, 6.45) is 5.49. The number of benzene rings is 1. The van der Waals surface area contributed by atoms with E-state index in [0.29, 0.717) is 12.1 Å². The molecule has 1 aromatic carbocycles. The summed E-state index contributed by atoms with van der Waals surface area (Å²) in [4.78, 5) is 14.2. The molecule has 0 fully saturated rings. The maximum atomic E-state index is 10.0. The molecule has 0 atom stereocenters. The number of carbonyl (C=O) groups is 1. The number of pyridine rings is 1. The van der Waals surface area contributed by atoms with Gasteiger partial charge in [-0.05, 0) is 35.7 Å². The highest BCUT2D eigenvalue weighted by molar-refractivity contribution is 5.84. The Kier molecular flexibility index (Phi) is 2.82. The van der Waals surface area contributed by atoms with Crippen molar-refractivity contribution in [3.63, 3.8) is 0 Å². The molecular formula is C12H10N2O2. The Morgan fingerprint density at radius 3 is 2.94 bits per heavy atom. The Bertz CT molecular complexity index is 550. The topological polar surface area (TPSA) is 62.2 Å². The standard InChI is InChI=1S/C12H10N2O2/c15-8-13-4-3-11-5-10-6-12(16)2-1-9(10)7-14-11/h1-8,16H,(H,13,15)/b4-3+. The van der Waals surface area contributed by atoms with Crippen LogP contribution in [0.2, 0.25) is 0 Å². The fourth-order valence-electron chi connectivity index (χ4n) is 1.41. The molecule has 0 saturated carbocycles. The number of phenols is 1. The number of fused-ring (bicyclic) bond motifs is 1. The lowest BCUT2D eigenvalue weighted by Crippen LogP contribution is -1.98. The second-order valence-electron chi connectivity index (χ2n) is 3.26. The number of nitrogens with one attached hydrogen (secondary N) is 1. The van der Waals surface area contributed by atoms with Crippen LogP contribution in [-0.2, 0) is 4.79 Å². The van der Waals surface area contributed by atoms with Gasteiger partial charge in [0.15, 0.2) is 0 Å². The first-order chi connectivity index (χ1) is 7.79. The van der Waals surface area contributed by atoms with Gasteiger partial charge in [0, 0.05) is 17.8 Å². The van der Waals surface area contributed by atoms with E-state index in [-0.39, 0.29) is 5.75 Å². The molecule has 0 bridgehead atoms. The van der Waals surface area contributed by atoms with Crippen molar-refractivity contribution in [2.75, 3.05) is 0 Å². The van der Waals surface area contributed by atoms with E-state index in [4.69, 9.17) is 0 Å². The van der Waals surface area contributed by atoms with Crippen molar-refractivity contribution in [3.05, 3.63) is 42.4 Å². The van der Waals surface area contributed by atoms with Gasteiger partial charge in [-0.15, -0.1) is 0 Å². The number of amides is 1. The zero-order chi connectivity index (χ0) is 11.4. The predicted octanol–water partition coefficient (Wildman–Crippen LogP) is 1.66. The number of nitrogens with zero attached hydrogens (tertiary/aromatic N) is 1. The molecule has 0 radical (unpaired) electrons. The molecule has 0 aliphatic rings. The van der Waals surface area contributed by atoms with Crippen LogP contribution < -0.4 is 5.32 Å². The molecule has 0 saturated heterocycles. The minimum atomic E-state index is 0.222. The Morgan fingerprint density at radius 1 is 1.25 bits per heavy atom. The SMILES string of the molecule is O=CN/C=C/c1cc2cc(O)ccc2cn1. The Hall–Kier alpha value is -2.36. The number of rotatable bonds is 3. The van der Waals surface area contributed by atoms with Crippen molar-refractivity contribution < 1.29 is 9.90 Å². The van der Waals surface area contributed by atoms with Crippen LogP contribution in [0.25, 0.3) is 16.8 Å². The van der Waals surface area contributed by atoms with Crippen LogP contribution in [0.3, 0.4) is 0 Å². The zero-order valence-electron chi connectivity index (χ0n) is 8.42. The van der Waals surface area contributed by atoms with Crippen LogP contribution in [0.5, 0.6) is 5.75 Å². The highest BCUT2D eigenvalue weighted by atomic mass is 16.3. The molecule has 1 heterocycles. The average Bonchev–Trinajstić information content (AvgIpc) is 2.29. The van der Waals surface area contributed by atoms with Gasteiger partial charge in [0.1, 0.15) is 5.75 Å². The monoisotopic (exact) mass is 214 g/mol. The zero-order valence-corrected chi connectivity index (χ0v) is 8.42. The molecule has 16 heavy (non-hydrogen) atoms. The first kappa shape index (κ1) is 10.2. The molecule has 1 amide bonds. The fraction of sp³-hybridized carbons (Fsp3) is 0. The van der Waals surface area contributed by atoms with E-state index in [1.54, 1.807) is 30.5 Å². The lowest BCUT2D eigenvalue weighted by atomic mass is 10.1. The first-order valence-electron chi connectivity index (χ1n) is 4.74. The van der Waals surface area contributed by atoms with Crippen molar-refractivity contribution >= 4 is 23.3 Å². The minimum Gasteiger partial charge on any atom is -0.508 e. The highest BCUT2D eigenvalue weighted by Crippen LogP contribution is 2.19. The van der Waals surface area contributed by atoms with Gasteiger partial charge in [-0.3, -0.25) is 9.78 Å². The number of phenolic OH excluding ortho intramolecular Hbond substituents is 1. The van der Waals surface area contributed by atoms with E-state index in [0.717, 1.165) is 10.8 Å². The maximum absolute atomic E-state index is 10.0. The molecule has 0 aliphatic heterocycles. The van der Waals surface area contributed by atoms with Crippen LogP contribution in [0.4, 0.5) is 0 Å². The summed E-state index contributed by atoms with van der Waals surface area (Å²) in [7, 11) is 0. The fourth-order valence-corrected chi connectivity index (χ4v) is 1.41. The summed E-state index contributed by atoms with van der Waals surface area (Å²) in [6.45, 7) is 0. The van der Waals surface area contributed by atoms with Gasteiger partial charge in [-0.25, -0.2) is 0 Å². The van der Waals surface area contributed by atoms with Gasteiger partial charge in [-0.2, -0.15) is 0 Å². The molecule has 4 nitrogen and oxygen atoms in total. The van der Waals surface area contributed by atoms with Crippen LogP contribution in [0.1, 0.15) is 5.69 Å². The molecule has 0 unspecified atom stereocenters. The van der Waals surface area contributed by atoms with Crippen LogP contribution in [0.15, 0.2) is 36.7 Å². The summed E-state index contributed by atoms with van der Waals surface area (Å²) in [5.74, 6) is 0.222. The van der Waals surface area contributed by atoms with Crippen molar-refractivity contribution in [1.82, 2.24) is 10.3 Å². The predicted molar refractivity (Wildman–Crippen MR) is 61.6 cm³/mol. The summed E-state index contributed by atoms with van der Waals surface area (Å²) in [5, 5.41) is 13.6. The Balaban J connectivity index is 2.38. The number of aromatic hydroxyl groups is 1. The van der Waals surface area contributed by atoms with E-state index >= 15 is 0 Å². The number of hydrogen-bond donors (Lipinski definition) is 2. The molecule has 2 rings (SSSR count). The van der Waals surface area contributed by atoms with E-state index < -0.39 is 0 Å². The third-order valence-corrected chi connectivity index (χ3v) is 2.14. The lowest BCUT2D eigenvalue weighted by Gasteiger charge is -1.99.